The summed E-state index contributed by atoms with van der Waals surface area (Å²) in [7, 11) is 0. The minimum atomic E-state index is 0.327. The molecule has 2 heteroatoms. The Hall–Kier alpha value is -0.420. The number of carbonyl (C=O) groups excluding carboxylic acids is 1. The number of rotatable bonds is 6. The summed E-state index contributed by atoms with van der Waals surface area (Å²) < 4.78 is 0. The van der Waals surface area contributed by atoms with Gasteiger partial charge < -0.3 is 0 Å². The van der Waals surface area contributed by atoms with E-state index in [0.29, 0.717) is 23.2 Å². The van der Waals surface area contributed by atoms with Crippen LogP contribution in [-0.4, -0.2) is 16.8 Å². The zero-order chi connectivity index (χ0) is 10.1. The first-order valence-electron chi connectivity index (χ1n) is 4.73. The SMILES string of the molecule is CC#CCCC(=O)CSC(C)CC. The third-order valence-corrected chi connectivity index (χ3v) is 3.20. The molecule has 0 amide bonds. The van der Waals surface area contributed by atoms with E-state index in [2.05, 4.69) is 25.7 Å². The van der Waals surface area contributed by atoms with Crippen LogP contribution in [0.25, 0.3) is 0 Å². The van der Waals surface area contributed by atoms with E-state index in [1.807, 2.05) is 0 Å². The molecular weight excluding hydrogens is 180 g/mol. The Morgan fingerprint density at radius 3 is 2.77 bits per heavy atom. The smallest absolute Gasteiger partial charge is 0.143 e. The van der Waals surface area contributed by atoms with E-state index in [9.17, 15) is 4.79 Å². The summed E-state index contributed by atoms with van der Waals surface area (Å²) in [6.45, 7) is 6.10. The van der Waals surface area contributed by atoms with Crippen LogP contribution in [0.15, 0.2) is 0 Å². The summed E-state index contributed by atoms with van der Waals surface area (Å²) in [5, 5.41) is 0.598. The molecule has 0 aliphatic rings. The van der Waals surface area contributed by atoms with Crippen molar-refractivity contribution in [3.05, 3.63) is 0 Å². The van der Waals surface area contributed by atoms with Gasteiger partial charge in [0.2, 0.25) is 0 Å². The zero-order valence-electron chi connectivity index (χ0n) is 8.72. The number of Topliss-reactive ketones (excluding diaryl/α,β-unsaturated/α-hetero) is 1. The van der Waals surface area contributed by atoms with E-state index in [-0.39, 0.29) is 0 Å². The Bertz CT molecular complexity index is 200. The second-order valence-corrected chi connectivity index (χ2v) is 4.42. The molecule has 1 nitrogen and oxygen atoms in total. The van der Waals surface area contributed by atoms with Gasteiger partial charge in [-0.15, -0.1) is 11.8 Å². The van der Waals surface area contributed by atoms with Gasteiger partial charge in [0.25, 0.3) is 0 Å². The first kappa shape index (κ1) is 12.6. The van der Waals surface area contributed by atoms with Gasteiger partial charge in [-0.2, -0.15) is 11.8 Å². The van der Waals surface area contributed by atoms with Gasteiger partial charge in [0.1, 0.15) is 5.78 Å². The van der Waals surface area contributed by atoms with E-state index in [0.717, 1.165) is 12.8 Å². The maximum atomic E-state index is 11.2. The quantitative estimate of drug-likeness (QED) is 0.610. The number of carbonyl (C=O) groups is 1. The van der Waals surface area contributed by atoms with Crippen molar-refractivity contribution >= 4 is 17.5 Å². The van der Waals surface area contributed by atoms with Crippen molar-refractivity contribution in [2.24, 2.45) is 0 Å². The number of hydrogen-bond donors (Lipinski definition) is 0. The molecule has 0 heterocycles. The Balaban J connectivity index is 3.44. The second-order valence-electron chi connectivity index (χ2n) is 3.00. The Labute approximate surface area is 85.7 Å². The molecule has 1 atom stereocenters. The topological polar surface area (TPSA) is 17.1 Å². The lowest BCUT2D eigenvalue weighted by Crippen LogP contribution is -2.04. The Kier molecular flexibility index (Phi) is 7.93. The normalized spacial score (nSPS) is 11.6. The molecule has 0 fully saturated rings. The molecule has 13 heavy (non-hydrogen) atoms. The molecule has 0 saturated heterocycles. The molecule has 0 saturated carbocycles. The van der Waals surface area contributed by atoms with Gasteiger partial charge >= 0.3 is 0 Å². The molecular formula is C11H18OS. The van der Waals surface area contributed by atoms with Crippen LogP contribution < -0.4 is 0 Å². The van der Waals surface area contributed by atoms with Gasteiger partial charge in [-0.05, 0) is 13.3 Å². The fraction of sp³-hybridized carbons (Fsp3) is 0.727. The van der Waals surface area contributed by atoms with E-state index in [1.165, 1.54) is 0 Å². The molecule has 0 spiro atoms. The van der Waals surface area contributed by atoms with Crippen LogP contribution in [0.3, 0.4) is 0 Å². The summed E-state index contributed by atoms with van der Waals surface area (Å²) in [5.41, 5.74) is 0. The first-order valence-corrected chi connectivity index (χ1v) is 5.78. The highest BCUT2D eigenvalue weighted by atomic mass is 32.2. The summed E-state index contributed by atoms with van der Waals surface area (Å²) in [5.74, 6) is 6.67. The molecule has 74 valence electrons. The van der Waals surface area contributed by atoms with Crippen LogP contribution >= 0.6 is 11.8 Å². The van der Waals surface area contributed by atoms with Crippen LogP contribution in [-0.2, 0) is 4.79 Å². The molecule has 0 aromatic carbocycles. The van der Waals surface area contributed by atoms with Gasteiger partial charge in [0.05, 0.1) is 5.75 Å². The predicted molar refractivity (Wildman–Crippen MR) is 59.9 cm³/mol. The van der Waals surface area contributed by atoms with Crippen molar-refractivity contribution < 1.29 is 4.79 Å². The van der Waals surface area contributed by atoms with Gasteiger partial charge in [-0.1, -0.05) is 13.8 Å². The van der Waals surface area contributed by atoms with Crippen molar-refractivity contribution in [2.45, 2.75) is 45.3 Å². The second kappa shape index (κ2) is 8.19. The Morgan fingerprint density at radius 1 is 1.54 bits per heavy atom. The fourth-order valence-electron chi connectivity index (χ4n) is 0.752. The van der Waals surface area contributed by atoms with Crippen molar-refractivity contribution in [1.29, 1.82) is 0 Å². The molecule has 0 radical (unpaired) electrons. The van der Waals surface area contributed by atoms with Gasteiger partial charge in [-0.25, -0.2) is 0 Å². The van der Waals surface area contributed by atoms with Crippen LogP contribution in [0.2, 0.25) is 0 Å². The largest absolute Gasteiger partial charge is 0.299 e. The first-order chi connectivity index (χ1) is 6.20. The maximum Gasteiger partial charge on any atom is 0.143 e. The number of thioether (sulfide) groups is 1. The van der Waals surface area contributed by atoms with E-state index in [1.54, 1.807) is 18.7 Å². The van der Waals surface area contributed by atoms with Gasteiger partial charge in [0, 0.05) is 18.1 Å². The standard InChI is InChI=1S/C11H18OS/c1-4-6-7-8-11(12)9-13-10(3)5-2/h10H,5,7-9H2,1-3H3. The molecule has 0 aromatic heterocycles. The molecule has 0 aliphatic heterocycles. The molecule has 0 rings (SSSR count). The lowest BCUT2D eigenvalue weighted by molar-refractivity contribution is -0.116. The van der Waals surface area contributed by atoms with E-state index >= 15 is 0 Å². The van der Waals surface area contributed by atoms with Crippen LogP contribution in [0.5, 0.6) is 0 Å². The minimum absolute atomic E-state index is 0.327. The van der Waals surface area contributed by atoms with E-state index in [4.69, 9.17) is 0 Å². The Morgan fingerprint density at radius 2 is 2.23 bits per heavy atom. The lowest BCUT2D eigenvalue weighted by Gasteiger charge is -2.05. The van der Waals surface area contributed by atoms with Crippen molar-refractivity contribution in [1.82, 2.24) is 0 Å². The number of ketones is 1. The van der Waals surface area contributed by atoms with Gasteiger partial charge in [0.15, 0.2) is 0 Å². The third-order valence-electron chi connectivity index (χ3n) is 1.81. The monoisotopic (exact) mass is 198 g/mol. The van der Waals surface area contributed by atoms with Crippen molar-refractivity contribution in [3.8, 4) is 11.8 Å². The maximum absolute atomic E-state index is 11.2. The van der Waals surface area contributed by atoms with Crippen LogP contribution in [0.4, 0.5) is 0 Å². The molecule has 0 N–H and O–H groups in total. The highest BCUT2D eigenvalue weighted by molar-refractivity contribution is 8.00. The fourth-order valence-corrected chi connectivity index (χ4v) is 1.60. The third kappa shape index (κ3) is 7.93. The van der Waals surface area contributed by atoms with Crippen molar-refractivity contribution in [2.75, 3.05) is 5.75 Å². The summed E-state index contributed by atoms with van der Waals surface area (Å²) >= 11 is 1.74. The predicted octanol–water partition coefficient (Wildman–Crippen LogP) is 2.89. The molecule has 0 aromatic rings. The van der Waals surface area contributed by atoms with Crippen LogP contribution in [0, 0.1) is 11.8 Å². The zero-order valence-corrected chi connectivity index (χ0v) is 9.54. The van der Waals surface area contributed by atoms with Gasteiger partial charge in [-0.3, -0.25) is 4.79 Å². The van der Waals surface area contributed by atoms with Crippen molar-refractivity contribution in [3.63, 3.8) is 0 Å². The average Bonchev–Trinajstić information content (AvgIpc) is 2.14. The number of hydrogen-bond acceptors (Lipinski definition) is 2. The summed E-state index contributed by atoms with van der Waals surface area (Å²) in [6, 6.07) is 0. The summed E-state index contributed by atoms with van der Waals surface area (Å²) in [4.78, 5) is 11.2. The van der Waals surface area contributed by atoms with Crippen LogP contribution in [0.1, 0.15) is 40.0 Å². The van der Waals surface area contributed by atoms with E-state index < -0.39 is 0 Å². The molecule has 0 bridgehead atoms. The molecule has 0 aliphatic carbocycles. The lowest BCUT2D eigenvalue weighted by atomic mass is 10.2. The highest BCUT2D eigenvalue weighted by Crippen LogP contribution is 2.13. The molecule has 1 unspecified atom stereocenters. The average molecular weight is 198 g/mol. The summed E-state index contributed by atoms with van der Waals surface area (Å²) in [6.07, 6.45) is 2.47. The highest BCUT2D eigenvalue weighted by Gasteiger charge is 2.04. The minimum Gasteiger partial charge on any atom is -0.299 e.